The van der Waals surface area contributed by atoms with Gasteiger partial charge in [-0.25, -0.2) is 0 Å². The van der Waals surface area contributed by atoms with Crippen LogP contribution in [0.2, 0.25) is 0 Å². The molecule has 1 aliphatic heterocycles. The second-order valence-electron chi connectivity index (χ2n) is 6.73. The molecule has 24 heavy (non-hydrogen) atoms. The molecule has 1 unspecified atom stereocenters. The molecule has 0 radical (unpaired) electrons. The number of rotatable bonds is 5. The molecule has 2 rings (SSSR count). The number of likely N-dealkylation sites (tertiary alicyclic amines) is 1. The van der Waals surface area contributed by atoms with Crippen molar-refractivity contribution in [2.24, 2.45) is 5.92 Å². The van der Waals surface area contributed by atoms with Crippen molar-refractivity contribution in [3.63, 3.8) is 0 Å². The van der Waals surface area contributed by atoms with Gasteiger partial charge in [0.15, 0.2) is 0 Å². The molecule has 0 bridgehead atoms. The number of piperidine rings is 1. The second-order valence-corrected chi connectivity index (χ2v) is 8.10. The van der Waals surface area contributed by atoms with Gasteiger partial charge in [-0.1, -0.05) is 0 Å². The summed E-state index contributed by atoms with van der Waals surface area (Å²) >= 11 is 1.68. The Morgan fingerprint density at radius 1 is 1.42 bits per heavy atom. The van der Waals surface area contributed by atoms with Crippen LogP contribution in [0.4, 0.5) is 13.2 Å². The van der Waals surface area contributed by atoms with E-state index >= 15 is 0 Å². The SMILES string of the molecule is Cc1ccc(CN(CC(=O)N2CCCC(C(F)(F)F)C2)C(C)C)s1. The maximum absolute atomic E-state index is 12.9. The number of hydrogen-bond donors (Lipinski definition) is 0. The van der Waals surface area contributed by atoms with E-state index in [2.05, 4.69) is 0 Å². The second kappa shape index (κ2) is 7.87. The Hall–Kier alpha value is -1.08. The average Bonchev–Trinajstić information content (AvgIpc) is 2.91. The van der Waals surface area contributed by atoms with Gasteiger partial charge in [-0.2, -0.15) is 13.2 Å². The first kappa shape index (κ1) is 19.2. The molecule has 0 spiro atoms. The summed E-state index contributed by atoms with van der Waals surface area (Å²) in [6.45, 7) is 7.08. The van der Waals surface area contributed by atoms with Gasteiger partial charge in [0.1, 0.15) is 0 Å². The maximum atomic E-state index is 12.9. The van der Waals surface area contributed by atoms with E-state index in [1.807, 2.05) is 37.8 Å². The number of halogens is 3. The van der Waals surface area contributed by atoms with Gasteiger partial charge < -0.3 is 4.90 Å². The van der Waals surface area contributed by atoms with Gasteiger partial charge in [0.25, 0.3) is 0 Å². The van der Waals surface area contributed by atoms with Crippen LogP contribution in [0.3, 0.4) is 0 Å². The fourth-order valence-corrected chi connectivity index (χ4v) is 3.85. The lowest BCUT2D eigenvalue weighted by Gasteiger charge is -2.35. The van der Waals surface area contributed by atoms with Crippen molar-refractivity contribution in [1.82, 2.24) is 9.80 Å². The first-order valence-corrected chi connectivity index (χ1v) is 9.12. The molecule has 1 fully saturated rings. The summed E-state index contributed by atoms with van der Waals surface area (Å²) in [5.41, 5.74) is 0. The number of carbonyl (C=O) groups excluding carboxylic acids is 1. The number of thiophene rings is 1. The zero-order chi connectivity index (χ0) is 17.9. The minimum Gasteiger partial charge on any atom is -0.341 e. The lowest BCUT2D eigenvalue weighted by atomic mass is 9.97. The van der Waals surface area contributed by atoms with Crippen molar-refractivity contribution in [2.75, 3.05) is 19.6 Å². The van der Waals surface area contributed by atoms with Crippen LogP contribution in [-0.4, -0.2) is 47.6 Å². The van der Waals surface area contributed by atoms with Crippen LogP contribution in [0, 0.1) is 12.8 Å². The Balaban J connectivity index is 1.97. The first-order chi connectivity index (χ1) is 11.2. The Morgan fingerprint density at radius 2 is 2.12 bits per heavy atom. The van der Waals surface area contributed by atoms with Gasteiger partial charge >= 0.3 is 6.18 Å². The fourth-order valence-electron chi connectivity index (χ4n) is 2.94. The standard InChI is InChI=1S/C17H25F3N2OS/c1-12(2)22(10-15-7-6-13(3)24-15)11-16(23)21-8-4-5-14(9-21)17(18,19)20/h6-7,12,14H,4-5,8-11H2,1-3H3. The van der Waals surface area contributed by atoms with Gasteiger partial charge in [0.2, 0.25) is 5.91 Å². The highest BCUT2D eigenvalue weighted by atomic mass is 32.1. The van der Waals surface area contributed by atoms with Crippen LogP contribution in [-0.2, 0) is 11.3 Å². The monoisotopic (exact) mass is 362 g/mol. The van der Waals surface area contributed by atoms with Gasteiger partial charge in [-0.05, 0) is 45.7 Å². The fraction of sp³-hybridized carbons (Fsp3) is 0.706. The molecule has 1 aliphatic rings. The Kier molecular flexibility index (Phi) is 6.31. The number of alkyl halides is 3. The van der Waals surface area contributed by atoms with Crippen molar-refractivity contribution < 1.29 is 18.0 Å². The quantitative estimate of drug-likeness (QED) is 0.788. The highest BCUT2D eigenvalue weighted by Crippen LogP contribution is 2.33. The van der Waals surface area contributed by atoms with Gasteiger partial charge in [-0.15, -0.1) is 11.3 Å². The molecule has 3 nitrogen and oxygen atoms in total. The van der Waals surface area contributed by atoms with Crippen molar-refractivity contribution in [2.45, 2.75) is 52.4 Å². The van der Waals surface area contributed by atoms with Gasteiger partial charge in [-0.3, -0.25) is 9.69 Å². The minimum atomic E-state index is -4.22. The lowest BCUT2D eigenvalue weighted by molar-refractivity contribution is -0.188. The van der Waals surface area contributed by atoms with Gasteiger partial charge in [0.05, 0.1) is 12.5 Å². The Labute approximate surface area is 145 Å². The van der Waals surface area contributed by atoms with Crippen LogP contribution in [0.5, 0.6) is 0 Å². The summed E-state index contributed by atoms with van der Waals surface area (Å²) in [7, 11) is 0. The van der Waals surface area contributed by atoms with Crippen molar-refractivity contribution >= 4 is 17.2 Å². The van der Waals surface area contributed by atoms with Crippen LogP contribution in [0.1, 0.15) is 36.4 Å². The molecular formula is C17H25F3N2OS. The van der Waals surface area contributed by atoms with Crippen LogP contribution in [0.15, 0.2) is 12.1 Å². The Bertz CT molecular complexity index is 556. The number of amides is 1. The van der Waals surface area contributed by atoms with Crippen molar-refractivity contribution in [3.8, 4) is 0 Å². The molecule has 0 N–H and O–H groups in total. The average molecular weight is 362 g/mol. The van der Waals surface area contributed by atoms with Crippen LogP contribution >= 0.6 is 11.3 Å². The van der Waals surface area contributed by atoms with E-state index < -0.39 is 12.1 Å². The third-order valence-corrected chi connectivity index (χ3v) is 5.45. The zero-order valence-electron chi connectivity index (χ0n) is 14.4. The van der Waals surface area contributed by atoms with E-state index in [0.717, 1.165) is 0 Å². The highest BCUT2D eigenvalue weighted by molar-refractivity contribution is 7.11. The van der Waals surface area contributed by atoms with E-state index in [-0.39, 0.29) is 31.5 Å². The van der Waals surface area contributed by atoms with Crippen LogP contribution < -0.4 is 0 Å². The topological polar surface area (TPSA) is 23.6 Å². The first-order valence-electron chi connectivity index (χ1n) is 8.30. The van der Waals surface area contributed by atoms with Crippen molar-refractivity contribution in [3.05, 3.63) is 21.9 Å². The largest absolute Gasteiger partial charge is 0.393 e. The lowest BCUT2D eigenvalue weighted by Crippen LogP contribution is -2.48. The molecule has 0 aromatic carbocycles. The van der Waals surface area contributed by atoms with E-state index in [1.54, 1.807) is 11.3 Å². The molecule has 2 heterocycles. The smallest absolute Gasteiger partial charge is 0.341 e. The Morgan fingerprint density at radius 3 is 2.67 bits per heavy atom. The summed E-state index contributed by atoms with van der Waals surface area (Å²) in [5, 5.41) is 0. The molecule has 136 valence electrons. The van der Waals surface area contributed by atoms with E-state index in [1.165, 1.54) is 14.7 Å². The van der Waals surface area contributed by atoms with E-state index in [9.17, 15) is 18.0 Å². The molecule has 1 atom stereocenters. The zero-order valence-corrected chi connectivity index (χ0v) is 15.2. The van der Waals surface area contributed by atoms with Crippen LogP contribution in [0.25, 0.3) is 0 Å². The van der Waals surface area contributed by atoms with E-state index in [4.69, 9.17) is 0 Å². The summed E-state index contributed by atoms with van der Waals surface area (Å²) in [4.78, 5) is 18.3. The predicted molar refractivity (Wildman–Crippen MR) is 90.0 cm³/mol. The number of hydrogen-bond acceptors (Lipinski definition) is 3. The third-order valence-electron chi connectivity index (χ3n) is 4.46. The third kappa shape index (κ3) is 5.21. The molecule has 1 aromatic rings. The predicted octanol–water partition coefficient (Wildman–Crippen LogP) is 4.07. The number of nitrogens with zero attached hydrogens (tertiary/aromatic N) is 2. The molecule has 7 heteroatoms. The summed E-state index contributed by atoms with van der Waals surface area (Å²) in [6, 6.07) is 4.24. The molecule has 1 aromatic heterocycles. The molecule has 1 saturated heterocycles. The number of carbonyl (C=O) groups is 1. The molecule has 1 amide bonds. The summed E-state index contributed by atoms with van der Waals surface area (Å²) < 4.78 is 38.7. The van der Waals surface area contributed by atoms with E-state index in [0.29, 0.717) is 19.5 Å². The maximum Gasteiger partial charge on any atom is 0.393 e. The normalized spacial score (nSPS) is 19.3. The molecule has 0 aliphatic carbocycles. The number of aryl methyl sites for hydroxylation is 1. The highest BCUT2D eigenvalue weighted by Gasteiger charge is 2.42. The summed E-state index contributed by atoms with van der Waals surface area (Å²) in [6.07, 6.45) is -3.68. The van der Waals surface area contributed by atoms with Crippen molar-refractivity contribution in [1.29, 1.82) is 0 Å². The van der Waals surface area contributed by atoms with Gasteiger partial charge in [0, 0.05) is 35.4 Å². The summed E-state index contributed by atoms with van der Waals surface area (Å²) in [5.74, 6) is -1.59. The minimum absolute atomic E-state index is 0.121. The molecule has 0 saturated carbocycles. The molecular weight excluding hydrogens is 337 g/mol.